The first-order valence-corrected chi connectivity index (χ1v) is 22.0. The Balaban J connectivity index is 0.00000305. The normalized spacial score (nSPS) is 16.6. The molecule has 2 rings (SSSR count). The monoisotopic (exact) mass is 849 g/mol. The average molecular weight is 849 g/mol. The highest BCUT2D eigenvalue weighted by atomic mass is 16.5. The molecule has 0 aromatic heterocycles. The molecule has 7 atom stereocenters. The van der Waals surface area contributed by atoms with Gasteiger partial charge in [-0.05, 0) is 66.0 Å². The number of amides is 5. The smallest absolute Gasteiger partial charge is 0.242 e. The van der Waals surface area contributed by atoms with E-state index in [0.29, 0.717) is 32.5 Å². The van der Waals surface area contributed by atoms with Gasteiger partial charge in [0.25, 0.3) is 0 Å². The summed E-state index contributed by atoms with van der Waals surface area (Å²) in [5, 5.41) is 8.28. The van der Waals surface area contributed by atoms with Crippen LogP contribution in [-0.2, 0) is 38.2 Å². The van der Waals surface area contributed by atoms with Crippen molar-refractivity contribution in [3.63, 3.8) is 0 Å². The summed E-state index contributed by atoms with van der Waals surface area (Å²) in [7, 11) is 8.43. The summed E-state index contributed by atoms with van der Waals surface area (Å²) in [5.41, 5.74) is 1.32. The Morgan fingerprint density at radius 1 is 0.850 bits per heavy atom. The third-order valence-corrected chi connectivity index (χ3v) is 10.6. The number of likely N-dealkylation sites (N-methyl/N-ethyl adjacent to an activating group) is 2. The Morgan fingerprint density at radius 2 is 1.45 bits per heavy atom. The van der Waals surface area contributed by atoms with Crippen molar-refractivity contribution >= 4 is 29.5 Å². The van der Waals surface area contributed by atoms with Gasteiger partial charge in [0, 0.05) is 41.0 Å². The Kier molecular flexibility index (Phi) is 29.4. The maximum absolute atomic E-state index is 13.9. The topological polar surface area (TPSA) is 159 Å². The summed E-state index contributed by atoms with van der Waals surface area (Å²) < 4.78 is 17.2. The Hall–Kier alpha value is -3.59. The molecule has 1 aliphatic heterocycles. The zero-order valence-electron chi connectivity index (χ0n) is 40.0. The number of nitrogens with one attached hydrogen (secondary N) is 3. The number of ether oxygens (including phenoxy) is 3. The molecule has 14 heteroatoms. The van der Waals surface area contributed by atoms with Crippen molar-refractivity contribution in [3.8, 4) is 0 Å². The van der Waals surface area contributed by atoms with Crippen LogP contribution in [0.25, 0.3) is 0 Å². The van der Waals surface area contributed by atoms with Gasteiger partial charge < -0.3 is 40.0 Å². The van der Waals surface area contributed by atoms with Crippen molar-refractivity contribution in [1.29, 1.82) is 0 Å². The third kappa shape index (κ3) is 20.8. The van der Waals surface area contributed by atoms with Gasteiger partial charge in [-0.25, -0.2) is 0 Å². The SMILES string of the molecule is CCC.CCC(C)C(C(CC(=O)N1CCCC1C(OC)C(C)C(=O)NCC(=O)NCCCOC(C)C)OC)N(C)C(=O)CNC(=O)C(C(C)C)N(C)C.Cc1ccccc1. The van der Waals surface area contributed by atoms with Crippen LogP contribution >= 0.6 is 0 Å². The molecule has 1 heterocycles. The number of carbonyl (C=O) groups excluding carboxylic acids is 5. The van der Waals surface area contributed by atoms with E-state index in [0.717, 1.165) is 12.8 Å². The van der Waals surface area contributed by atoms with Gasteiger partial charge in [0.1, 0.15) is 0 Å². The summed E-state index contributed by atoms with van der Waals surface area (Å²) in [6.07, 6.45) is 3.05. The highest BCUT2D eigenvalue weighted by Gasteiger charge is 2.42. The first-order valence-electron chi connectivity index (χ1n) is 22.0. The quantitative estimate of drug-likeness (QED) is 0.128. The molecule has 7 unspecified atom stereocenters. The van der Waals surface area contributed by atoms with Gasteiger partial charge in [-0.1, -0.05) is 97.2 Å². The van der Waals surface area contributed by atoms with Crippen molar-refractivity contribution in [2.45, 2.75) is 144 Å². The maximum Gasteiger partial charge on any atom is 0.242 e. The third-order valence-electron chi connectivity index (χ3n) is 10.6. The van der Waals surface area contributed by atoms with E-state index in [1.807, 2.05) is 78.7 Å². The van der Waals surface area contributed by atoms with E-state index in [4.69, 9.17) is 14.2 Å². The fourth-order valence-electron chi connectivity index (χ4n) is 7.40. The molecule has 1 aromatic rings. The molecule has 1 saturated heterocycles. The number of nitrogens with zero attached hydrogens (tertiary/aromatic N) is 3. The van der Waals surface area contributed by atoms with Crippen molar-refractivity contribution in [3.05, 3.63) is 35.9 Å². The summed E-state index contributed by atoms with van der Waals surface area (Å²) in [4.78, 5) is 70.8. The Morgan fingerprint density at radius 3 is 1.93 bits per heavy atom. The highest BCUT2D eigenvalue weighted by molar-refractivity contribution is 5.88. The number of likely N-dealkylation sites (tertiary alicyclic amines) is 1. The van der Waals surface area contributed by atoms with Crippen molar-refractivity contribution in [2.75, 3.05) is 68.1 Å². The van der Waals surface area contributed by atoms with E-state index in [-0.39, 0.29) is 79.1 Å². The second-order valence-corrected chi connectivity index (χ2v) is 16.7. The second-order valence-electron chi connectivity index (χ2n) is 16.7. The zero-order valence-corrected chi connectivity index (χ0v) is 40.0. The van der Waals surface area contributed by atoms with Crippen LogP contribution in [0.4, 0.5) is 0 Å². The van der Waals surface area contributed by atoms with Crippen LogP contribution in [-0.4, -0.2) is 149 Å². The zero-order chi connectivity index (χ0) is 45.9. The molecule has 3 N–H and O–H groups in total. The lowest BCUT2D eigenvalue weighted by Crippen LogP contribution is -2.55. The van der Waals surface area contributed by atoms with E-state index < -0.39 is 24.2 Å². The lowest BCUT2D eigenvalue weighted by molar-refractivity contribution is -0.146. The Bertz CT molecular complexity index is 1360. The molecular weight excluding hydrogens is 765 g/mol. The molecule has 346 valence electrons. The largest absolute Gasteiger partial charge is 0.379 e. The molecule has 14 nitrogen and oxygen atoms in total. The van der Waals surface area contributed by atoms with Crippen LogP contribution in [0.2, 0.25) is 0 Å². The molecule has 0 saturated carbocycles. The average Bonchev–Trinajstić information content (AvgIpc) is 3.68. The number of hydrogen-bond acceptors (Lipinski definition) is 9. The summed E-state index contributed by atoms with van der Waals surface area (Å²) in [6.45, 7) is 21.1. The van der Waals surface area contributed by atoms with Crippen molar-refractivity contribution in [1.82, 2.24) is 30.7 Å². The number of hydrogen-bond donors (Lipinski definition) is 3. The fraction of sp³-hybridized carbons (Fsp3) is 0.761. The highest BCUT2D eigenvalue weighted by Crippen LogP contribution is 2.29. The first-order chi connectivity index (χ1) is 28.3. The molecule has 0 bridgehead atoms. The summed E-state index contributed by atoms with van der Waals surface area (Å²) in [6, 6.07) is 9.12. The number of methoxy groups -OCH3 is 2. The van der Waals surface area contributed by atoms with Gasteiger partial charge >= 0.3 is 0 Å². The Labute approximate surface area is 363 Å². The lowest BCUT2D eigenvalue weighted by Gasteiger charge is -2.39. The van der Waals surface area contributed by atoms with Gasteiger partial charge in [-0.15, -0.1) is 0 Å². The predicted octanol–water partition coefficient (Wildman–Crippen LogP) is 5.07. The van der Waals surface area contributed by atoms with Crippen LogP contribution < -0.4 is 16.0 Å². The predicted molar refractivity (Wildman–Crippen MR) is 240 cm³/mol. The number of rotatable bonds is 23. The molecule has 0 radical (unpaired) electrons. The fourth-order valence-corrected chi connectivity index (χ4v) is 7.40. The molecule has 1 aliphatic rings. The van der Waals surface area contributed by atoms with Crippen LogP contribution in [0.3, 0.4) is 0 Å². The van der Waals surface area contributed by atoms with Gasteiger partial charge in [0.2, 0.25) is 29.5 Å². The minimum Gasteiger partial charge on any atom is -0.379 e. The number of benzene rings is 1. The van der Waals surface area contributed by atoms with Gasteiger partial charge in [-0.2, -0.15) is 0 Å². The van der Waals surface area contributed by atoms with Crippen molar-refractivity contribution in [2.24, 2.45) is 17.8 Å². The second kappa shape index (κ2) is 31.3. The molecule has 1 fully saturated rings. The molecule has 0 aliphatic carbocycles. The van der Waals surface area contributed by atoms with E-state index in [9.17, 15) is 24.0 Å². The van der Waals surface area contributed by atoms with Crippen LogP contribution in [0.1, 0.15) is 106 Å². The van der Waals surface area contributed by atoms with Gasteiger partial charge in [0.15, 0.2) is 0 Å². The van der Waals surface area contributed by atoms with E-state index in [1.54, 1.807) is 30.9 Å². The first kappa shape index (κ1) is 56.4. The molecule has 1 aromatic carbocycles. The molecule has 60 heavy (non-hydrogen) atoms. The standard InChI is InChI=1S/C36H68N6O8.C7H8.C3H8/c1-13-25(6)33(41(10)31(45)22-39-36(47)32(23(2)3)40(8)9)28(48-11)20-30(44)42-18-14-16-27(42)34(49-12)26(7)35(46)38-21-29(43)37-17-15-19-50-24(4)5;1-7-5-3-2-4-6-7;1-3-2/h23-28,32-34H,13-22H2,1-12H3,(H,37,43)(H,38,46)(H,39,47);2-6H,1H3;3H2,1-2H3. The van der Waals surface area contributed by atoms with Crippen molar-refractivity contribution < 1.29 is 38.2 Å². The van der Waals surface area contributed by atoms with E-state index in [1.165, 1.54) is 19.1 Å². The molecule has 0 spiro atoms. The van der Waals surface area contributed by atoms with E-state index in [2.05, 4.69) is 48.9 Å². The van der Waals surface area contributed by atoms with Crippen LogP contribution in [0.5, 0.6) is 0 Å². The molecule has 5 amide bonds. The minimum absolute atomic E-state index is 0.00187. The van der Waals surface area contributed by atoms with E-state index >= 15 is 0 Å². The summed E-state index contributed by atoms with van der Waals surface area (Å²) in [5.74, 6) is -1.82. The molecular formula is C46H84N6O8. The summed E-state index contributed by atoms with van der Waals surface area (Å²) >= 11 is 0. The lowest BCUT2D eigenvalue weighted by atomic mass is 9.90. The van der Waals surface area contributed by atoms with Crippen LogP contribution in [0.15, 0.2) is 30.3 Å². The number of aryl methyl sites for hydroxylation is 1. The van der Waals surface area contributed by atoms with Crippen LogP contribution in [0, 0.1) is 24.7 Å². The minimum atomic E-state index is -0.626. The maximum atomic E-state index is 13.9. The van der Waals surface area contributed by atoms with Gasteiger partial charge in [-0.3, -0.25) is 28.9 Å². The van der Waals surface area contributed by atoms with Gasteiger partial charge in [0.05, 0.1) is 61.9 Å². The number of carbonyl (C=O) groups is 5.